The van der Waals surface area contributed by atoms with Crippen LogP contribution in [0.2, 0.25) is 10.0 Å². The first-order valence-corrected chi connectivity index (χ1v) is 15.9. The number of sulfonamides is 1. The number of benzene rings is 2. The van der Waals surface area contributed by atoms with Crippen molar-refractivity contribution in [2.75, 3.05) is 12.8 Å². The summed E-state index contributed by atoms with van der Waals surface area (Å²) in [7, 11) is -3.47. The number of piperidine rings is 1. The fourth-order valence-electron chi connectivity index (χ4n) is 6.11. The van der Waals surface area contributed by atoms with Crippen LogP contribution in [0.15, 0.2) is 61.2 Å². The van der Waals surface area contributed by atoms with Gasteiger partial charge in [0.2, 0.25) is 15.9 Å². The minimum absolute atomic E-state index is 0.0461. The highest BCUT2D eigenvalue weighted by molar-refractivity contribution is 7.88. The maximum atomic E-state index is 14.6. The molecular weight excluding hydrogens is 539 g/mol. The average molecular weight is 578 g/mol. The van der Waals surface area contributed by atoms with Crippen LogP contribution in [0.5, 0.6) is 0 Å². The number of halogens is 2. The average Bonchev–Trinajstić information content (AvgIpc) is 3.67. The fraction of sp³-hybridized carbons (Fsp3) is 0.500. The van der Waals surface area contributed by atoms with Gasteiger partial charge in [0.05, 0.1) is 17.7 Å². The molecule has 0 bridgehead atoms. The van der Waals surface area contributed by atoms with Crippen molar-refractivity contribution >= 4 is 39.1 Å². The quantitative estimate of drug-likeness (QED) is 0.284. The number of hydrogen-bond acceptors (Lipinski definition) is 3. The normalized spacial score (nSPS) is 25.2. The molecule has 4 rings (SSSR count). The van der Waals surface area contributed by atoms with Crippen LogP contribution in [0.3, 0.4) is 0 Å². The zero-order chi connectivity index (χ0) is 27.8. The Bertz CT molecular complexity index is 1280. The van der Waals surface area contributed by atoms with Gasteiger partial charge in [-0.15, -0.1) is 6.58 Å². The van der Waals surface area contributed by atoms with Crippen molar-refractivity contribution in [3.05, 3.63) is 82.4 Å². The van der Waals surface area contributed by atoms with Crippen LogP contribution in [0, 0.1) is 11.3 Å². The summed E-state index contributed by atoms with van der Waals surface area (Å²) in [5.74, 6) is 0.233. The third-order valence-electron chi connectivity index (χ3n) is 8.08. The summed E-state index contributed by atoms with van der Waals surface area (Å²) in [6.45, 7) is 10.0. The Morgan fingerprint density at radius 1 is 1.11 bits per heavy atom. The van der Waals surface area contributed by atoms with Gasteiger partial charge in [-0.3, -0.25) is 4.79 Å². The highest BCUT2D eigenvalue weighted by Gasteiger charge is 2.54. The van der Waals surface area contributed by atoms with E-state index in [1.54, 1.807) is 0 Å². The molecule has 1 saturated heterocycles. The first-order chi connectivity index (χ1) is 17.9. The molecule has 2 aromatic rings. The number of hydrogen-bond donors (Lipinski definition) is 0. The van der Waals surface area contributed by atoms with Crippen LogP contribution in [0.1, 0.15) is 69.5 Å². The van der Waals surface area contributed by atoms with Crippen molar-refractivity contribution in [3.63, 3.8) is 0 Å². The molecule has 0 radical (unpaired) electrons. The second-order valence-corrected chi connectivity index (χ2v) is 14.3. The van der Waals surface area contributed by atoms with Crippen molar-refractivity contribution in [2.24, 2.45) is 11.3 Å². The Morgan fingerprint density at radius 3 is 2.29 bits per heavy atom. The first kappa shape index (κ1) is 29.1. The largest absolute Gasteiger partial charge is 0.330 e. The molecule has 1 aliphatic carbocycles. The number of nitrogens with zero attached hydrogens (tertiary/aromatic N) is 2. The molecular formula is C30H38Cl2N2O3S. The van der Waals surface area contributed by atoms with Gasteiger partial charge >= 0.3 is 0 Å². The lowest BCUT2D eigenvalue weighted by molar-refractivity contribution is -0.155. The van der Waals surface area contributed by atoms with E-state index in [2.05, 4.69) is 12.6 Å². The van der Waals surface area contributed by atoms with Gasteiger partial charge < -0.3 is 4.90 Å². The maximum Gasteiger partial charge on any atom is 0.229 e. The van der Waals surface area contributed by atoms with Gasteiger partial charge in [-0.25, -0.2) is 8.42 Å². The molecule has 2 fully saturated rings. The van der Waals surface area contributed by atoms with E-state index in [1.165, 1.54) is 10.6 Å². The summed E-state index contributed by atoms with van der Waals surface area (Å²) in [4.78, 5) is 16.6. The Balaban J connectivity index is 1.92. The Labute approximate surface area is 237 Å². The standard InChI is InChI=1S/C30H38Cl2N2O3S/c1-6-16-30(4)18-26(23-8-7-9-25(32)17-23)28(22-12-14-24(31)15-13-22)34(29(30)35)27(21-10-11-21)19-33(20(2)3)38(5,36)37/h6-9,12-15,17,20-21,26-28H,1,10-11,16,18-19H2,2-5H3/t26-,27-,28?,30+/m1/s1. The minimum atomic E-state index is -3.47. The molecule has 2 aromatic carbocycles. The molecule has 1 unspecified atom stereocenters. The molecule has 1 heterocycles. The number of rotatable bonds is 10. The summed E-state index contributed by atoms with van der Waals surface area (Å²) in [6, 6.07) is 14.8. The number of amides is 1. The molecule has 206 valence electrons. The molecule has 38 heavy (non-hydrogen) atoms. The first-order valence-electron chi connectivity index (χ1n) is 13.3. The van der Waals surface area contributed by atoms with Crippen LogP contribution in [0.4, 0.5) is 0 Å². The van der Waals surface area contributed by atoms with Crippen LogP contribution in [-0.4, -0.2) is 48.4 Å². The van der Waals surface area contributed by atoms with E-state index in [9.17, 15) is 13.2 Å². The Kier molecular flexibility index (Phi) is 8.68. The SMILES string of the molecule is C=CC[C@@]1(C)C[C@H](c2cccc(Cl)c2)C(c2ccc(Cl)cc2)N([C@H](CN(C(C)C)S(C)(=O)=O)C2CC2)C1=O. The van der Waals surface area contributed by atoms with E-state index < -0.39 is 15.4 Å². The molecule has 4 atom stereocenters. The number of carbonyl (C=O) groups excluding carboxylic acids is 1. The molecule has 1 amide bonds. The lowest BCUT2D eigenvalue weighted by Crippen LogP contribution is -2.59. The lowest BCUT2D eigenvalue weighted by Gasteiger charge is -2.53. The van der Waals surface area contributed by atoms with Crippen molar-refractivity contribution < 1.29 is 13.2 Å². The lowest BCUT2D eigenvalue weighted by atomic mass is 9.67. The zero-order valence-electron chi connectivity index (χ0n) is 22.6. The van der Waals surface area contributed by atoms with Crippen LogP contribution in [0.25, 0.3) is 0 Å². The molecule has 1 aliphatic heterocycles. The topological polar surface area (TPSA) is 57.7 Å². The summed E-state index contributed by atoms with van der Waals surface area (Å²) < 4.78 is 27.2. The highest BCUT2D eigenvalue weighted by Crippen LogP contribution is 2.54. The van der Waals surface area contributed by atoms with Gasteiger partial charge in [0.25, 0.3) is 0 Å². The fourth-order valence-corrected chi connectivity index (χ4v) is 7.63. The Morgan fingerprint density at radius 2 is 1.76 bits per heavy atom. The van der Waals surface area contributed by atoms with Crippen molar-refractivity contribution in [2.45, 2.75) is 70.5 Å². The van der Waals surface area contributed by atoms with Gasteiger partial charge in [-0.1, -0.05) is 60.5 Å². The van der Waals surface area contributed by atoms with Crippen molar-refractivity contribution in [1.29, 1.82) is 0 Å². The van der Waals surface area contributed by atoms with E-state index in [0.29, 0.717) is 22.9 Å². The molecule has 5 nitrogen and oxygen atoms in total. The molecule has 0 N–H and O–H groups in total. The van der Waals surface area contributed by atoms with Gasteiger partial charge in [0.1, 0.15) is 0 Å². The molecule has 8 heteroatoms. The molecule has 0 spiro atoms. The van der Waals surface area contributed by atoms with Crippen LogP contribution < -0.4 is 0 Å². The summed E-state index contributed by atoms with van der Waals surface area (Å²) >= 11 is 12.7. The van der Waals surface area contributed by atoms with Gasteiger partial charge in [0.15, 0.2) is 0 Å². The van der Waals surface area contributed by atoms with Crippen molar-refractivity contribution in [1.82, 2.24) is 9.21 Å². The summed E-state index contributed by atoms with van der Waals surface area (Å²) in [5.41, 5.74) is 1.36. The van der Waals surface area contributed by atoms with E-state index in [0.717, 1.165) is 24.0 Å². The molecule has 0 aromatic heterocycles. The summed E-state index contributed by atoms with van der Waals surface area (Å²) in [6.07, 6.45) is 6.16. The van der Waals surface area contributed by atoms with E-state index in [-0.39, 0.29) is 42.4 Å². The minimum Gasteiger partial charge on any atom is -0.330 e. The predicted octanol–water partition coefficient (Wildman–Crippen LogP) is 7.08. The Hall–Kier alpha value is -1.86. The monoisotopic (exact) mass is 576 g/mol. The summed E-state index contributed by atoms with van der Waals surface area (Å²) in [5, 5.41) is 1.27. The number of carbonyl (C=O) groups is 1. The van der Waals surface area contributed by atoms with Gasteiger partial charge in [0, 0.05) is 34.6 Å². The van der Waals surface area contributed by atoms with Crippen LogP contribution >= 0.6 is 23.2 Å². The second kappa shape index (κ2) is 11.3. The smallest absolute Gasteiger partial charge is 0.229 e. The highest BCUT2D eigenvalue weighted by atomic mass is 35.5. The third-order valence-corrected chi connectivity index (χ3v) is 9.99. The predicted molar refractivity (Wildman–Crippen MR) is 156 cm³/mol. The number of likely N-dealkylation sites (tertiary alicyclic amines) is 1. The number of allylic oxidation sites excluding steroid dienone is 1. The molecule has 1 saturated carbocycles. The van der Waals surface area contributed by atoms with E-state index in [1.807, 2.05) is 74.2 Å². The van der Waals surface area contributed by atoms with E-state index in [4.69, 9.17) is 23.2 Å². The van der Waals surface area contributed by atoms with Crippen molar-refractivity contribution in [3.8, 4) is 0 Å². The maximum absolute atomic E-state index is 14.6. The zero-order valence-corrected chi connectivity index (χ0v) is 24.9. The van der Waals surface area contributed by atoms with Gasteiger partial charge in [-0.2, -0.15) is 4.31 Å². The third kappa shape index (κ3) is 6.14. The van der Waals surface area contributed by atoms with E-state index >= 15 is 0 Å². The van der Waals surface area contributed by atoms with Gasteiger partial charge in [-0.05, 0) is 80.8 Å². The molecule has 2 aliphatic rings. The second-order valence-electron chi connectivity index (χ2n) is 11.5. The van der Waals surface area contributed by atoms with Crippen LogP contribution in [-0.2, 0) is 14.8 Å².